The van der Waals surface area contributed by atoms with Crippen LogP contribution in [0.5, 0.6) is 5.75 Å². The minimum Gasteiger partial charge on any atom is -0.497 e. The van der Waals surface area contributed by atoms with Gasteiger partial charge in [0.1, 0.15) is 11.5 Å². The Morgan fingerprint density at radius 1 is 1.48 bits per heavy atom. The van der Waals surface area contributed by atoms with Crippen LogP contribution in [-0.2, 0) is 13.0 Å². The molecule has 1 aromatic heterocycles. The van der Waals surface area contributed by atoms with Gasteiger partial charge in [-0.25, -0.2) is 4.79 Å². The van der Waals surface area contributed by atoms with E-state index in [-0.39, 0.29) is 12.1 Å². The van der Waals surface area contributed by atoms with E-state index in [0.29, 0.717) is 6.54 Å². The van der Waals surface area contributed by atoms with Crippen molar-refractivity contribution in [1.82, 2.24) is 15.4 Å². The molecule has 25 heavy (non-hydrogen) atoms. The van der Waals surface area contributed by atoms with E-state index in [9.17, 15) is 4.79 Å². The Labute approximate surface area is 148 Å². The summed E-state index contributed by atoms with van der Waals surface area (Å²) < 4.78 is 10.6. The van der Waals surface area contributed by atoms with E-state index in [4.69, 9.17) is 9.26 Å². The van der Waals surface area contributed by atoms with E-state index in [2.05, 4.69) is 10.5 Å². The van der Waals surface area contributed by atoms with Crippen molar-refractivity contribution >= 4 is 6.03 Å². The number of ether oxygens (including phenoxy) is 1. The molecule has 0 radical (unpaired) electrons. The van der Waals surface area contributed by atoms with Gasteiger partial charge in [-0.05, 0) is 37.5 Å². The minimum absolute atomic E-state index is 0.0477. The van der Waals surface area contributed by atoms with Crippen LogP contribution in [0, 0.1) is 6.92 Å². The standard InChI is InChI=1S/C19H25N3O3/c1-4-17-18(13(2)21-25-17)16-9-6-10-22(16)19(23)20-12-14-7-5-8-15(11-14)24-3/h5,7-8,11,16H,4,6,9-10,12H2,1-3H3,(H,20,23). The van der Waals surface area contributed by atoms with Crippen LogP contribution >= 0.6 is 0 Å². The number of methoxy groups -OCH3 is 1. The first-order valence-electron chi connectivity index (χ1n) is 8.76. The Bertz CT molecular complexity index is 741. The number of hydrogen-bond donors (Lipinski definition) is 1. The molecule has 0 saturated carbocycles. The summed E-state index contributed by atoms with van der Waals surface area (Å²) in [5.74, 6) is 1.67. The molecule has 1 aromatic carbocycles. The van der Waals surface area contributed by atoms with Gasteiger partial charge < -0.3 is 19.5 Å². The van der Waals surface area contributed by atoms with Crippen molar-refractivity contribution in [3.05, 3.63) is 46.8 Å². The Morgan fingerprint density at radius 2 is 2.32 bits per heavy atom. The van der Waals surface area contributed by atoms with Crippen LogP contribution < -0.4 is 10.1 Å². The number of urea groups is 1. The predicted molar refractivity (Wildman–Crippen MR) is 94.5 cm³/mol. The average molecular weight is 343 g/mol. The molecule has 1 N–H and O–H groups in total. The summed E-state index contributed by atoms with van der Waals surface area (Å²) in [6.45, 7) is 5.22. The van der Waals surface area contributed by atoms with Crippen molar-refractivity contribution < 1.29 is 14.1 Å². The zero-order chi connectivity index (χ0) is 17.8. The highest BCUT2D eigenvalue weighted by molar-refractivity contribution is 5.75. The lowest BCUT2D eigenvalue weighted by Crippen LogP contribution is -2.39. The van der Waals surface area contributed by atoms with Crippen LogP contribution in [0.25, 0.3) is 0 Å². The first-order valence-corrected chi connectivity index (χ1v) is 8.76. The van der Waals surface area contributed by atoms with Gasteiger partial charge in [-0.3, -0.25) is 0 Å². The number of benzene rings is 1. The monoisotopic (exact) mass is 343 g/mol. The second-order valence-corrected chi connectivity index (χ2v) is 6.32. The number of aryl methyl sites for hydroxylation is 2. The van der Waals surface area contributed by atoms with Crippen molar-refractivity contribution in [1.29, 1.82) is 0 Å². The summed E-state index contributed by atoms with van der Waals surface area (Å²) in [5, 5.41) is 7.11. The number of nitrogens with one attached hydrogen (secondary N) is 1. The van der Waals surface area contributed by atoms with Gasteiger partial charge in [-0.2, -0.15) is 0 Å². The van der Waals surface area contributed by atoms with E-state index in [1.54, 1.807) is 7.11 Å². The smallest absolute Gasteiger partial charge is 0.318 e. The lowest BCUT2D eigenvalue weighted by Gasteiger charge is -2.25. The zero-order valence-corrected chi connectivity index (χ0v) is 15.0. The third-order valence-electron chi connectivity index (χ3n) is 4.73. The second kappa shape index (κ2) is 7.59. The summed E-state index contributed by atoms with van der Waals surface area (Å²) in [6, 6.07) is 7.72. The molecule has 1 atom stereocenters. The fourth-order valence-corrected chi connectivity index (χ4v) is 3.48. The number of likely N-dealkylation sites (tertiary alicyclic amines) is 1. The molecule has 1 aliphatic rings. The molecule has 0 spiro atoms. The molecule has 2 heterocycles. The van der Waals surface area contributed by atoms with Gasteiger partial charge in [0.2, 0.25) is 0 Å². The number of carbonyl (C=O) groups is 1. The number of hydrogen-bond acceptors (Lipinski definition) is 4. The van der Waals surface area contributed by atoms with E-state index >= 15 is 0 Å². The molecule has 1 aliphatic heterocycles. The fraction of sp³-hybridized carbons (Fsp3) is 0.474. The molecular weight excluding hydrogens is 318 g/mol. The van der Waals surface area contributed by atoms with Crippen molar-refractivity contribution in [3.63, 3.8) is 0 Å². The summed E-state index contributed by atoms with van der Waals surface area (Å²) >= 11 is 0. The van der Waals surface area contributed by atoms with E-state index in [1.165, 1.54) is 0 Å². The third-order valence-corrected chi connectivity index (χ3v) is 4.73. The number of nitrogens with zero attached hydrogens (tertiary/aromatic N) is 2. The molecule has 0 aliphatic carbocycles. The largest absolute Gasteiger partial charge is 0.497 e. The van der Waals surface area contributed by atoms with E-state index < -0.39 is 0 Å². The van der Waals surface area contributed by atoms with Crippen LogP contribution in [0.3, 0.4) is 0 Å². The van der Waals surface area contributed by atoms with Crippen LogP contribution in [0.4, 0.5) is 4.79 Å². The summed E-state index contributed by atoms with van der Waals surface area (Å²) in [5.41, 5.74) is 2.98. The molecule has 134 valence electrons. The van der Waals surface area contributed by atoms with Crippen LogP contribution in [0.1, 0.15) is 48.4 Å². The SMILES string of the molecule is CCc1onc(C)c1C1CCCN1C(=O)NCc1cccc(OC)c1. The normalized spacial score (nSPS) is 16.9. The fourth-order valence-electron chi connectivity index (χ4n) is 3.48. The second-order valence-electron chi connectivity index (χ2n) is 6.32. The van der Waals surface area contributed by atoms with Gasteiger partial charge in [0.15, 0.2) is 0 Å². The van der Waals surface area contributed by atoms with Crippen molar-refractivity contribution in [2.45, 2.75) is 45.7 Å². The predicted octanol–water partition coefficient (Wildman–Crippen LogP) is 3.60. The average Bonchev–Trinajstić information content (AvgIpc) is 3.25. The van der Waals surface area contributed by atoms with Gasteiger partial charge in [-0.15, -0.1) is 0 Å². The highest BCUT2D eigenvalue weighted by Gasteiger charge is 2.34. The maximum absolute atomic E-state index is 12.7. The maximum atomic E-state index is 12.7. The molecule has 6 nitrogen and oxygen atoms in total. The van der Waals surface area contributed by atoms with Crippen LogP contribution in [0.15, 0.2) is 28.8 Å². The quantitative estimate of drug-likeness (QED) is 0.901. The first kappa shape index (κ1) is 17.3. The molecule has 1 fully saturated rings. The summed E-state index contributed by atoms with van der Waals surface area (Å²) in [4.78, 5) is 14.6. The Kier molecular flexibility index (Phi) is 5.26. The van der Waals surface area contributed by atoms with Crippen molar-refractivity contribution in [2.75, 3.05) is 13.7 Å². The van der Waals surface area contributed by atoms with Gasteiger partial charge in [0.05, 0.1) is 18.8 Å². The Hall–Kier alpha value is -2.50. The van der Waals surface area contributed by atoms with E-state index in [1.807, 2.05) is 43.0 Å². The molecule has 3 rings (SSSR count). The zero-order valence-electron chi connectivity index (χ0n) is 15.0. The lowest BCUT2D eigenvalue weighted by molar-refractivity contribution is 0.192. The molecule has 1 saturated heterocycles. The maximum Gasteiger partial charge on any atom is 0.318 e. The number of rotatable bonds is 5. The molecule has 6 heteroatoms. The molecule has 0 bridgehead atoms. The Balaban J connectivity index is 1.69. The number of carbonyl (C=O) groups excluding carboxylic acids is 1. The summed E-state index contributed by atoms with van der Waals surface area (Å²) in [6.07, 6.45) is 2.72. The highest BCUT2D eigenvalue weighted by atomic mass is 16.5. The van der Waals surface area contributed by atoms with Gasteiger partial charge in [0, 0.05) is 25.1 Å². The Morgan fingerprint density at radius 3 is 3.08 bits per heavy atom. The molecule has 2 aromatic rings. The topological polar surface area (TPSA) is 67.6 Å². The van der Waals surface area contributed by atoms with Gasteiger partial charge in [-0.1, -0.05) is 24.2 Å². The van der Waals surface area contributed by atoms with E-state index in [0.717, 1.165) is 54.1 Å². The third kappa shape index (κ3) is 3.62. The number of amides is 2. The minimum atomic E-state index is -0.0482. The van der Waals surface area contributed by atoms with Crippen molar-refractivity contribution in [2.24, 2.45) is 0 Å². The van der Waals surface area contributed by atoms with Crippen molar-refractivity contribution in [3.8, 4) is 5.75 Å². The first-order chi connectivity index (χ1) is 12.1. The lowest BCUT2D eigenvalue weighted by atomic mass is 10.0. The molecular formula is C19H25N3O3. The van der Waals surface area contributed by atoms with Gasteiger partial charge >= 0.3 is 6.03 Å². The number of aromatic nitrogens is 1. The molecule has 1 unspecified atom stereocenters. The van der Waals surface area contributed by atoms with Crippen LogP contribution in [0.2, 0.25) is 0 Å². The summed E-state index contributed by atoms with van der Waals surface area (Å²) in [7, 11) is 1.64. The highest BCUT2D eigenvalue weighted by Crippen LogP contribution is 2.36. The molecule has 2 amide bonds. The van der Waals surface area contributed by atoms with Gasteiger partial charge in [0.25, 0.3) is 0 Å². The van der Waals surface area contributed by atoms with Crippen LogP contribution in [-0.4, -0.2) is 29.7 Å².